The number of methoxy groups -OCH3 is 1. The standard InChI is InChI=1S/C26H32N2O5S/c1-32-22-15-9-8-14-21(22)28-24(29)17-33-26(31)20-13-7-10-16-23(20)34-18-25(30)27-19-11-5-3-2-4-6-12-19/h7-10,13-16,19H,2-6,11-12,17-18H2,1H3,(H,27,30)(H,28,29). The second-order valence-corrected chi connectivity index (χ2v) is 9.24. The Morgan fingerprint density at radius 3 is 2.35 bits per heavy atom. The highest BCUT2D eigenvalue weighted by molar-refractivity contribution is 8.00. The third kappa shape index (κ3) is 8.09. The first-order chi connectivity index (χ1) is 16.6. The van der Waals surface area contributed by atoms with E-state index in [9.17, 15) is 14.4 Å². The first-order valence-electron chi connectivity index (χ1n) is 11.7. The number of para-hydroxylation sites is 2. The second kappa shape index (κ2) is 13.6. The van der Waals surface area contributed by atoms with Crippen molar-refractivity contribution in [2.75, 3.05) is 24.8 Å². The molecule has 0 bridgehead atoms. The van der Waals surface area contributed by atoms with Crippen LogP contribution in [0.15, 0.2) is 53.4 Å². The molecule has 0 unspecified atom stereocenters. The lowest BCUT2D eigenvalue weighted by Gasteiger charge is -2.21. The molecular weight excluding hydrogens is 452 g/mol. The summed E-state index contributed by atoms with van der Waals surface area (Å²) in [4.78, 5) is 38.0. The molecule has 0 heterocycles. The Labute approximate surface area is 205 Å². The zero-order valence-electron chi connectivity index (χ0n) is 19.5. The minimum atomic E-state index is -0.612. The van der Waals surface area contributed by atoms with Crippen LogP contribution in [0.5, 0.6) is 5.75 Å². The molecule has 0 atom stereocenters. The van der Waals surface area contributed by atoms with Gasteiger partial charge in [-0.2, -0.15) is 0 Å². The third-order valence-electron chi connectivity index (χ3n) is 5.65. The van der Waals surface area contributed by atoms with Crippen molar-refractivity contribution < 1.29 is 23.9 Å². The van der Waals surface area contributed by atoms with Crippen LogP contribution in [0.1, 0.15) is 55.3 Å². The summed E-state index contributed by atoms with van der Waals surface area (Å²) in [5.41, 5.74) is 0.827. The number of hydrogen-bond donors (Lipinski definition) is 2. The highest BCUT2D eigenvalue weighted by atomic mass is 32.2. The first kappa shape index (κ1) is 25.6. The van der Waals surface area contributed by atoms with E-state index in [1.807, 2.05) is 0 Å². The lowest BCUT2D eigenvalue weighted by atomic mass is 9.97. The lowest BCUT2D eigenvalue weighted by Crippen LogP contribution is -2.36. The molecule has 1 aliphatic carbocycles. The van der Waals surface area contributed by atoms with E-state index in [-0.39, 0.29) is 17.7 Å². The molecule has 2 aromatic carbocycles. The van der Waals surface area contributed by atoms with Gasteiger partial charge in [0.2, 0.25) is 5.91 Å². The molecule has 182 valence electrons. The Kier molecular flexibility index (Phi) is 10.3. The van der Waals surface area contributed by atoms with Gasteiger partial charge in [0, 0.05) is 10.9 Å². The predicted molar refractivity (Wildman–Crippen MR) is 133 cm³/mol. The molecule has 8 heteroatoms. The van der Waals surface area contributed by atoms with Crippen LogP contribution in [0.3, 0.4) is 0 Å². The minimum absolute atomic E-state index is 0.0325. The van der Waals surface area contributed by atoms with Gasteiger partial charge in [-0.15, -0.1) is 11.8 Å². The Morgan fingerprint density at radius 1 is 0.912 bits per heavy atom. The zero-order chi connectivity index (χ0) is 24.2. The van der Waals surface area contributed by atoms with Crippen LogP contribution < -0.4 is 15.4 Å². The molecule has 0 saturated heterocycles. The van der Waals surface area contributed by atoms with Gasteiger partial charge < -0.3 is 20.1 Å². The van der Waals surface area contributed by atoms with Crippen LogP contribution >= 0.6 is 11.8 Å². The van der Waals surface area contributed by atoms with Gasteiger partial charge in [0.25, 0.3) is 5.91 Å². The maximum absolute atomic E-state index is 12.6. The molecule has 34 heavy (non-hydrogen) atoms. The molecule has 0 aliphatic heterocycles. The second-order valence-electron chi connectivity index (χ2n) is 8.22. The number of anilines is 1. The molecule has 1 saturated carbocycles. The van der Waals surface area contributed by atoms with Crippen molar-refractivity contribution in [1.82, 2.24) is 5.32 Å². The normalized spacial score (nSPS) is 14.4. The summed E-state index contributed by atoms with van der Waals surface area (Å²) in [6, 6.07) is 14.2. The molecule has 0 spiro atoms. The maximum Gasteiger partial charge on any atom is 0.339 e. The fourth-order valence-corrected chi connectivity index (χ4v) is 4.77. The molecule has 3 rings (SSSR count). The number of nitrogens with one attached hydrogen (secondary N) is 2. The minimum Gasteiger partial charge on any atom is -0.495 e. The van der Waals surface area contributed by atoms with Crippen molar-refractivity contribution in [2.45, 2.75) is 55.9 Å². The molecule has 1 fully saturated rings. The molecule has 0 radical (unpaired) electrons. The lowest BCUT2D eigenvalue weighted by molar-refractivity contribution is -0.120. The number of carbonyl (C=O) groups excluding carboxylic acids is 3. The van der Waals surface area contributed by atoms with Gasteiger partial charge in [0.1, 0.15) is 5.75 Å². The summed E-state index contributed by atoms with van der Waals surface area (Å²) < 4.78 is 10.4. The van der Waals surface area contributed by atoms with Crippen molar-refractivity contribution in [3.8, 4) is 5.75 Å². The fraction of sp³-hybridized carbons (Fsp3) is 0.423. The van der Waals surface area contributed by atoms with Gasteiger partial charge in [-0.25, -0.2) is 4.79 Å². The number of amides is 2. The van der Waals surface area contributed by atoms with E-state index in [4.69, 9.17) is 9.47 Å². The zero-order valence-corrected chi connectivity index (χ0v) is 20.3. The van der Waals surface area contributed by atoms with E-state index in [2.05, 4.69) is 10.6 Å². The van der Waals surface area contributed by atoms with Gasteiger partial charge in [-0.05, 0) is 37.1 Å². The SMILES string of the molecule is COc1ccccc1NC(=O)COC(=O)c1ccccc1SCC(=O)NC1CCCCCCC1. The summed E-state index contributed by atoms with van der Waals surface area (Å²) in [6.07, 6.45) is 8.09. The highest BCUT2D eigenvalue weighted by Crippen LogP contribution is 2.25. The third-order valence-corrected chi connectivity index (χ3v) is 6.72. The van der Waals surface area contributed by atoms with E-state index in [1.54, 1.807) is 48.5 Å². The van der Waals surface area contributed by atoms with Crippen molar-refractivity contribution in [3.05, 3.63) is 54.1 Å². The Hall–Kier alpha value is -3.00. The molecular formula is C26H32N2O5S. The summed E-state index contributed by atoms with van der Waals surface area (Å²) >= 11 is 1.29. The highest BCUT2D eigenvalue weighted by Gasteiger charge is 2.18. The van der Waals surface area contributed by atoms with Crippen LogP contribution in [-0.4, -0.2) is 43.3 Å². The van der Waals surface area contributed by atoms with Crippen LogP contribution in [0.2, 0.25) is 0 Å². The van der Waals surface area contributed by atoms with Crippen LogP contribution in [0.4, 0.5) is 5.69 Å². The van der Waals surface area contributed by atoms with Crippen molar-refractivity contribution in [1.29, 1.82) is 0 Å². The maximum atomic E-state index is 12.6. The largest absolute Gasteiger partial charge is 0.495 e. The van der Waals surface area contributed by atoms with E-state index < -0.39 is 18.5 Å². The topological polar surface area (TPSA) is 93.7 Å². The van der Waals surface area contributed by atoms with Gasteiger partial charge >= 0.3 is 5.97 Å². The molecule has 2 N–H and O–H groups in total. The summed E-state index contributed by atoms with van der Waals surface area (Å²) in [6.45, 7) is -0.432. The van der Waals surface area contributed by atoms with Gasteiger partial charge in [-0.1, -0.05) is 56.4 Å². The number of benzene rings is 2. The summed E-state index contributed by atoms with van der Waals surface area (Å²) in [7, 11) is 1.51. The quantitative estimate of drug-likeness (QED) is 0.392. The van der Waals surface area contributed by atoms with E-state index >= 15 is 0 Å². The number of carbonyl (C=O) groups is 3. The molecule has 7 nitrogen and oxygen atoms in total. The Morgan fingerprint density at radius 2 is 1.59 bits per heavy atom. The van der Waals surface area contributed by atoms with E-state index in [1.165, 1.54) is 38.1 Å². The van der Waals surface area contributed by atoms with Crippen LogP contribution in [0.25, 0.3) is 0 Å². The Bertz CT molecular complexity index is 973. The smallest absolute Gasteiger partial charge is 0.339 e. The summed E-state index contributed by atoms with van der Waals surface area (Å²) in [5, 5.41) is 5.81. The van der Waals surface area contributed by atoms with E-state index in [0.29, 0.717) is 21.9 Å². The fourth-order valence-electron chi connectivity index (χ4n) is 3.92. The average Bonchev–Trinajstić information content (AvgIpc) is 2.83. The Balaban J connectivity index is 1.50. The summed E-state index contributed by atoms with van der Waals surface area (Å²) in [5.74, 6) is -0.383. The monoisotopic (exact) mass is 484 g/mol. The molecule has 2 aromatic rings. The average molecular weight is 485 g/mol. The molecule has 2 amide bonds. The number of thioether (sulfide) groups is 1. The van der Waals surface area contributed by atoms with Gasteiger partial charge in [0.15, 0.2) is 6.61 Å². The number of esters is 1. The molecule has 1 aliphatic rings. The number of ether oxygens (including phenoxy) is 2. The van der Waals surface area contributed by atoms with E-state index in [0.717, 1.165) is 25.7 Å². The van der Waals surface area contributed by atoms with Crippen molar-refractivity contribution >= 4 is 35.2 Å². The van der Waals surface area contributed by atoms with Gasteiger partial charge in [-0.3, -0.25) is 9.59 Å². The van der Waals surface area contributed by atoms with Crippen molar-refractivity contribution in [3.63, 3.8) is 0 Å². The predicted octanol–water partition coefficient (Wildman–Crippen LogP) is 4.81. The number of rotatable bonds is 9. The first-order valence-corrected chi connectivity index (χ1v) is 12.7. The number of hydrogen-bond acceptors (Lipinski definition) is 6. The van der Waals surface area contributed by atoms with Crippen LogP contribution in [0, 0.1) is 0 Å². The van der Waals surface area contributed by atoms with Gasteiger partial charge in [0.05, 0.1) is 24.1 Å². The van der Waals surface area contributed by atoms with Crippen LogP contribution in [-0.2, 0) is 14.3 Å². The van der Waals surface area contributed by atoms with Crippen molar-refractivity contribution in [2.24, 2.45) is 0 Å². The molecule has 0 aromatic heterocycles.